The normalized spacial score (nSPS) is 25.4. The number of rotatable bonds is 4. The van der Waals surface area contributed by atoms with Crippen LogP contribution < -0.4 is 0 Å². The van der Waals surface area contributed by atoms with Crippen molar-refractivity contribution in [3.05, 3.63) is 24.5 Å². The summed E-state index contributed by atoms with van der Waals surface area (Å²) in [4.78, 5) is 3.95. The second kappa shape index (κ2) is 5.31. The lowest BCUT2D eigenvalue weighted by molar-refractivity contribution is 0.113. The Kier molecular flexibility index (Phi) is 3.96. The molecule has 1 N–H and O–H groups in total. The Balaban J connectivity index is 2.30. The average Bonchev–Trinajstić information content (AvgIpc) is 2.84. The lowest BCUT2D eigenvalue weighted by atomic mass is 10.2. The van der Waals surface area contributed by atoms with Gasteiger partial charge in [0.15, 0.2) is 0 Å². The summed E-state index contributed by atoms with van der Waals surface area (Å²) in [5, 5.41) is 9.28. The Hall–Kier alpha value is -1.02. The van der Waals surface area contributed by atoms with Gasteiger partial charge in [-0.2, -0.15) is 4.31 Å². The van der Waals surface area contributed by atoms with Crippen LogP contribution in [0.15, 0.2) is 29.4 Å². The maximum absolute atomic E-state index is 12.4. The van der Waals surface area contributed by atoms with E-state index in [9.17, 15) is 13.5 Å². The first-order chi connectivity index (χ1) is 8.59. The van der Waals surface area contributed by atoms with Crippen LogP contribution >= 0.6 is 0 Å². The predicted molar refractivity (Wildman–Crippen MR) is 64.4 cm³/mol. The lowest BCUT2D eigenvalue weighted by Gasteiger charge is -2.21. The maximum atomic E-state index is 12.4. The van der Waals surface area contributed by atoms with Crippen LogP contribution in [0.5, 0.6) is 0 Å². The summed E-state index contributed by atoms with van der Waals surface area (Å²) in [5.41, 5.74) is 0. The minimum absolute atomic E-state index is 0.139. The number of nitrogens with zero attached hydrogens (tertiary/aromatic N) is 2. The summed E-state index contributed by atoms with van der Waals surface area (Å²) in [5.74, 6) is 0. The van der Waals surface area contributed by atoms with Gasteiger partial charge in [-0.3, -0.25) is 4.98 Å². The summed E-state index contributed by atoms with van der Waals surface area (Å²) in [6.07, 6.45) is 3.16. The predicted octanol–water partition coefficient (Wildman–Crippen LogP) is -0.148. The van der Waals surface area contributed by atoms with Crippen molar-refractivity contribution in [3.63, 3.8) is 0 Å². The van der Waals surface area contributed by atoms with Crippen molar-refractivity contribution in [1.29, 1.82) is 0 Å². The van der Waals surface area contributed by atoms with Crippen LogP contribution in [0.2, 0.25) is 0 Å². The summed E-state index contributed by atoms with van der Waals surface area (Å²) < 4.78 is 31.2. The van der Waals surface area contributed by atoms with Crippen molar-refractivity contribution < 1.29 is 18.3 Å². The van der Waals surface area contributed by atoms with E-state index in [4.69, 9.17) is 4.74 Å². The largest absolute Gasteiger partial charge is 0.395 e. The monoisotopic (exact) mass is 272 g/mol. The van der Waals surface area contributed by atoms with E-state index in [1.807, 2.05) is 0 Å². The lowest BCUT2D eigenvalue weighted by Crippen LogP contribution is -2.38. The molecule has 0 amide bonds. The molecular formula is C11H16N2O4S. The van der Waals surface area contributed by atoms with Crippen molar-refractivity contribution in [3.8, 4) is 0 Å². The van der Waals surface area contributed by atoms with Crippen LogP contribution in [0.25, 0.3) is 0 Å². The Bertz CT molecular complexity index is 491. The number of pyridine rings is 1. The number of hydrogen-bond donors (Lipinski definition) is 1. The molecule has 2 heterocycles. The quantitative estimate of drug-likeness (QED) is 0.824. The molecule has 2 atom stereocenters. The molecule has 0 radical (unpaired) electrons. The molecule has 2 rings (SSSR count). The van der Waals surface area contributed by atoms with Crippen LogP contribution in [-0.2, 0) is 14.8 Å². The Labute approximate surface area is 106 Å². The third-order valence-corrected chi connectivity index (χ3v) is 5.01. The van der Waals surface area contributed by atoms with E-state index in [0.717, 1.165) is 0 Å². The van der Waals surface area contributed by atoms with E-state index < -0.39 is 16.1 Å². The molecule has 1 aromatic rings. The molecule has 0 saturated carbocycles. The molecule has 0 aliphatic carbocycles. The number of sulfonamides is 1. The van der Waals surface area contributed by atoms with Gasteiger partial charge in [0, 0.05) is 26.0 Å². The fourth-order valence-electron chi connectivity index (χ4n) is 2.11. The smallest absolute Gasteiger partial charge is 0.245 e. The fraction of sp³-hybridized carbons (Fsp3) is 0.545. The van der Waals surface area contributed by atoms with Gasteiger partial charge in [-0.05, 0) is 18.6 Å². The fourth-order valence-corrected chi connectivity index (χ4v) is 3.73. The summed E-state index contributed by atoms with van der Waals surface area (Å²) >= 11 is 0. The summed E-state index contributed by atoms with van der Waals surface area (Å²) in [7, 11) is -2.07. The highest BCUT2D eigenvalue weighted by molar-refractivity contribution is 7.89. The first kappa shape index (κ1) is 13.4. The van der Waals surface area contributed by atoms with Gasteiger partial charge in [0.1, 0.15) is 4.90 Å². The molecule has 0 bridgehead atoms. The van der Waals surface area contributed by atoms with Gasteiger partial charge in [0.25, 0.3) is 0 Å². The summed E-state index contributed by atoms with van der Waals surface area (Å²) in [6, 6.07) is 2.64. The second-order valence-electron chi connectivity index (χ2n) is 4.19. The zero-order valence-corrected chi connectivity index (χ0v) is 10.9. The number of aliphatic hydroxyl groups is 1. The molecule has 1 aliphatic rings. The highest BCUT2D eigenvalue weighted by Crippen LogP contribution is 2.26. The minimum atomic E-state index is -3.61. The van der Waals surface area contributed by atoms with Gasteiger partial charge < -0.3 is 9.84 Å². The second-order valence-corrected chi connectivity index (χ2v) is 6.08. The van der Waals surface area contributed by atoms with Gasteiger partial charge >= 0.3 is 0 Å². The number of aliphatic hydroxyl groups excluding tert-OH is 1. The van der Waals surface area contributed by atoms with Crippen molar-refractivity contribution >= 4 is 10.0 Å². The Morgan fingerprint density at radius 1 is 1.61 bits per heavy atom. The molecular weight excluding hydrogens is 256 g/mol. The van der Waals surface area contributed by atoms with Crippen molar-refractivity contribution in [1.82, 2.24) is 9.29 Å². The molecule has 18 heavy (non-hydrogen) atoms. The van der Waals surface area contributed by atoms with Crippen LogP contribution in [0.4, 0.5) is 0 Å². The zero-order chi connectivity index (χ0) is 13.2. The van der Waals surface area contributed by atoms with Crippen LogP contribution in [0, 0.1) is 0 Å². The van der Waals surface area contributed by atoms with Gasteiger partial charge in [0.05, 0.1) is 18.8 Å². The molecule has 100 valence electrons. The molecule has 0 aromatic carbocycles. The van der Waals surface area contributed by atoms with Gasteiger partial charge in [-0.25, -0.2) is 8.42 Å². The standard InChI is InChI=1S/C11H16N2O4S/c1-17-10-5-9(8-14)13(7-10)18(15,16)11-3-2-4-12-6-11/h2-4,6,9-10,14H,5,7-8H2,1H3/t9-,10-/m0/s1. The Morgan fingerprint density at radius 3 is 2.94 bits per heavy atom. The van der Waals surface area contributed by atoms with E-state index in [-0.39, 0.29) is 24.2 Å². The van der Waals surface area contributed by atoms with E-state index >= 15 is 0 Å². The number of aromatic nitrogens is 1. The zero-order valence-electron chi connectivity index (χ0n) is 10.1. The number of ether oxygens (including phenoxy) is 1. The minimum Gasteiger partial charge on any atom is -0.395 e. The molecule has 6 nitrogen and oxygen atoms in total. The maximum Gasteiger partial charge on any atom is 0.245 e. The van der Waals surface area contributed by atoms with Crippen molar-refractivity contribution in [2.24, 2.45) is 0 Å². The van der Waals surface area contributed by atoms with Crippen molar-refractivity contribution in [2.75, 3.05) is 20.3 Å². The van der Waals surface area contributed by atoms with Crippen LogP contribution in [0.3, 0.4) is 0 Å². The molecule has 1 aromatic heterocycles. The van der Waals surface area contributed by atoms with E-state index in [2.05, 4.69) is 4.98 Å². The average molecular weight is 272 g/mol. The van der Waals surface area contributed by atoms with Gasteiger partial charge in [-0.15, -0.1) is 0 Å². The Morgan fingerprint density at radius 2 is 2.39 bits per heavy atom. The third-order valence-electron chi connectivity index (χ3n) is 3.11. The van der Waals surface area contributed by atoms with Gasteiger partial charge in [0.2, 0.25) is 10.0 Å². The molecule has 1 fully saturated rings. The topological polar surface area (TPSA) is 79.7 Å². The van der Waals surface area contributed by atoms with Crippen LogP contribution in [-0.4, -0.2) is 55.2 Å². The van der Waals surface area contributed by atoms with Crippen molar-refractivity contribution in [2.45, 2.75) is 23.5 Å². The third kappa shape index (κ3) is 2.39. The van der Waals surface area contributed by atoms with E-state index in [1.54, 1.807) is 13.2 Å². The van der Waals surface area contributed by atoms with E-state index in [0.29, 0.717) is 6.42 Å². The van der Waals surface area contributed by atoms with Gasteiger partial charge in [-0.1, -0.05) is 0 Å². The molecule has 0 unspecified atom stereocenters. The molecule has 0 spiro atoms. The van der Waals surface area contributed by atoms with E-state index in [1.165, 1.54) is 22.8 Å². The molecule has 1 saturated heterocycles. The first-order valence-electron chi connectivity index (χ1n) is 5.65. The molecule has 7 heteroatoms. The van der Waals surface area contributed by atoms with Crippen LogP contribution in [0.1, 0.15) is 6.42 Å². The molecule has 1 aliphatic heterocycles. The first-order valence-corrected chi connectivity index (χ1v) is 7.09. The number of methoxy groups -OCH3 is 1. The SMILES string of the molecule is CO[C@H]1C[C@@H](CO)N(S(=O)(=O)c2cccnc2)C1. The summed E-state index contributed by atoms with van der Waals surface area (Å²) in [6.45, 7) is 0.0539. The highest BCUT2D eigenvalue weighted by Gasteiger charge is 2.40. The highest BCUT2D eigenvalue weighted by atomic mass is 32.2. The number of hydrogen-bond acceptors (Lipinski definition) is 5.